The summed E-state index contributed by atoms with van der Waals surface area (Å²) in [6.45, 7) is 4.85. The highest BCUT2D eigenvalue weighted by Gasteiger charge is 2.42. The summed E-state index contributed by atoms with van der Waals surface area (Å²) < 4.78 is 0.968. The Kier molecular flexibility index (Phi) is 5.73. The molecule has 0 N–H and O–H groups in total. The zero-order valence-corrected chi connectivity index (χ0v) is 19.3. The van der Waals surface area contributed by atoms with Crippen molar-refractivity contribution in [2.75, 3.05) is 13.1 Å². The maximum Gasteiger partial charge on any atom is 0.252 e. The number of hydrogen-bond acceptors (Lipinski definition) is 3. The fourth-order valence-electron chi connectivity index (χ4n) is 4.04. The van der Waals surface area contributed by atoms with Crippen LogP contribution in [0.15, 0.2) is 58.1 Å². The molecule has 2 amide bonds. The lowest BCUT2D eigenvalue weighted by Gasteiger charge is -2.29. The molecule has 2 heterocycles. The molecule has 5 nitrogen and oxygen atoms in total. The summed E-state index contributed by atoms with van der Waals surface area (Å²) in [5.74, 6) is 0.0182. The Morgan fingerprint density at radius 3 is 2.40 bits per heavy atom. The van der Waals surface area contributed by atoms with Crippen LogP contribution >= 0.6 is 27.5 Å². The van der Waals surface area contributed by atoms with Gasteiger partial charge in [0.25, 0.3) is 5.91 Å². The second-order valence-corrected chi connectivity index (χ2v) is 9.57. The van der Waals surface area contributed by atoms with Crippen LogP contribution < -0.4 is 0 Å². The number of nitrogens with zero attached hydrogens (tertiary/aromatic N) is 3. The molecular formula is C23H23BrClN3O2. The summed E-state index contributed by atoms with van der Waals surface area (Å²) >= 11 is 9.47. The Morgan fingerprint density at radius 1 is 1.13 bits per heavy atom. The van der Waals surface area contributed by atoms with Gasteiger partial charge in [0.15, 0.2) is 0 Å². The third-order valence-electron chi connectivity index (χ3n) is 5.85. The van der Waals surface area contributed by atoms with Crippen LogP contribution in [0, 0.1) is 0 Å². The van der Waals surface area contributed by atoms with Gasteiger partial charge in [-0.25, -0.2) is 5.01 Å². The largest absolute Gasteiger partial charge is 0.332 e. The molecule has 0 saturated carbocycles. The predicted octanol–water partition coefficient (Wildman–Crippen LogP) is 4.62. The van der Waals surface area contributed by atoms with Gasteiger partial charge in [-0.3, -0.25) is 9.59 Å². The first kappa shape index (κ1) is 21.1. The van der Waals surface area contributed by atoms with Crippen LogP contribution in [0.1, 0.15) is 37.8 Å². The molecule has 7 heteroatoms. The summed E-state index contributed by atoms with van der Waals surface area (Å²) in [6.07, 6.45) is 1.39. The van der Waals surface area contributed by atoms with Crippen molar-refractivity contribution in [3.8, 4) is 0 Å². The second kappa shape index (κ2) is 8.16. The number of carbonyl (C=O) groups excluding carboxylic acids is 2. The minimum Gasteiger partial charge on any atom is -0.332 e. The summed E-state index contributed by atoms with van der Waals surface area (Å²) in [5.41, 5.74) is 1.78. The molecule has 0 bridgehead atoms. The van der Waals surface area contributed by atoms with Crippen molar-refractivity contribution < 1.29 is 9.59 Å². The van der Waals surface area contributed by atoms with E-state index in [1.54, 1.807) is 12.1 Å². The van der Waals surface area contributed by atoms with E-state index in [1.807, 2.05) is 55.1 Å². The number of benzene rings is 2. The van der Waals surface area contributed by atoms with E-state index in [2.05, 4.69) is 15.9 Å². The number of hydrogen-bond donors (Lipinski definition) is 0. The number of carbonyl (C=O) groups is 2. The molecule has 4 rings (SSSR count). The molecule has 0 aliphatic carbocycles. The molecule has 2 aliphatic rings. The van der Waals surface area contributed by atoms with E-state index in [9.17, 15) is 9.59 Å². The third kappa shape index (κ3) is 3.91. The lowest BCUT2D eigenvalue weighted by atomic mass is 9.83. The molecule has 2 aromatic rings. The molecule has 1 saturated heterocycles. The highest BCUT2D eigenvalue weighted by atomic mass is 79.9. The van der Waals surface area contributed by atoms with E-state index in [0.29, 0.717) is 24.5 Å². The fourth-order valence-corrected chi connectivity index (χ4v) is 4.43. The second-order valence-electron chi connectivity index (χ2n) is 8.22. The molecule has 0 radical (unpaired) electrons. The summed E-state index contributed by atoms with van der Waals surface area (Å²) in [6, 6.07) is 14.9. The van der Waals surface area contributed by atoms with E-state index in [4.69, 9.17) is 16.7 Å². The first-order chi connectivity index (χ1) is 14.3. The topological polar surface area (TPSA) is 53.0 Å². The standard InChI is InChI=1S/C23H23BrClN3O2/c1-23(2,16-7-11-18(25)12-8-16)22(30)28-14-19(27-13-3-4-20(27)29)21(26-28)15-5-9-17(24)10-6-15/h5-12,19H,3-4,13-14H2,1-2H3. The Morgan fingerprint density at radius 2 is 1.80 bits per heavy atom. The Balaban J connectivity index is 1.67. The Labute approximate surface area is 189 Å². The van der Waals surface area contributed by atoms with Gasteiger partial charge in [-0.05, 0) is 50.1 Å². The fraction of sp³-hybridized carbons (Fsp3) is 0.348. The maximum absolute atomic E-state index is 13.5. The highest BCUT2D eigenvalue weighted by molar-refractivity contribution is 9.10. The SMILES string of the molecule is CC(C)(C(=O)N1CC(N2CCCC2=O)C(c2ccc(Br)cc2)=N1)c1ccc(Cl)cc1. The van der Waals surface area contributed by atoms with Gasteiger partial charge >= 0.3 is 0 Å². The van der Waals surface area contributed by atoms with Gasteiger partial charge in [0.05, 0.1) is 23.7 Å². The van der Waals surface area contributed by atoms with Crippen LogP contribution in [-0.2, 0) is 15.0 Å². The molecular weight excluding hydrogens is 466 g/mol. The van der Waals surface area contributed by atoms with Crippen molar-refractivity contribution in [2.24, 2.45) is 5.10 Å². The predicted molar refractivity (Wildman–Crippen MR) is 122 cm³/mol. The third-order valence-corrected chi connectivity index (χ3v) is 6.63. The van der Waals surface area contributed by atoms with Gasteiger partial charge in [-0.1, -0.05) is 51.8 Å². The normalized spacial score (nSPS) is 19.4. The lowest BCUT2D eigenvalue weighted by molar-refractivity contribution is -0.137. The molecule has 1 fully saturated rings. The van der Waals surface area contributed by atoms with Crippen LogP contribution in [0.25, 0.3) is 0 Å². The van der Waals surface area contributed by atoms with Gasteiger partial charge in [-0.15, -0.1) is 0 Å². The molecule has 1 atom stereocenters. The molecule has 2 aliphatic heterocycles. The van der Waals surface area contributed by atoms with E-state index >= 15 is 0 Å². The maximum atomic E-state index is 13.5. The van der Waals surface area contributed by atoms with E-state index in [-0.39, 0.29) is 17.9 Å². The van der Waals surface area contributed by atoms with Crippen molar-refractivity contribution >= 4 is 45.1 Å². The lowest BCUT2D eigenvalue weighted by Crippen LogP contribution is -2.46. The number of halogens is 2. The molecule has 2 aromatic carbocycles. The number of rotatable bonds is 4. The van der Waals surface area contributed by atoms with Crippen LogP contribution in [0.5, 0.6) is 0 Å². The van der Waals surface area contributed by atoms with Gasteiger partial charge in [0.1, 0.15) is 0 Å². The number of likely N-dealkylation sites (tertiary alicyclic amines) is 1. The van der Waals surface area contributed by atoms with Crippen LogP contribution in [0.4, 0.5) is 0 Å². The van der Waals surface area contributed by atoms with Crippen molar-refractivity contribution in [3.05, 3.63) is 69.2 Å². The zero-order chi connectivity index (χ0) is 21.5. The average Bonchev–Trinajstić information content (AvgIpc) is 3.34. The van der Waals surface area contributed by atoms with E-state index in [0.717, 1.165) is 27.7 Å². The Hall–Kier alpha value is -2.18. The number of amides is 2. The first-order valence-corrected chi connectivity index (χ1v) is 11.2. The average molecular weight is 489 g/mol. The van der Waals surface area contributed by atoms with Crippen molar-refractivity contribution in [2.45, 2.75) is 38.1 Å². The van der Waals surface area contributed by atoms with Gasteiger partial charge in [0, 0.05) is 28.0 Å². The quantitative estimate of drug-likeness (QED) is 0.631. The Bertz CT molecular complexity index is 1000. The molecule has 0 spiro atoms. The minimum atomic E-state index is -0.775. The minimum absolute atomic E-state index is 0.103. The molecule has 1 unspecified atom stereocenters. The summed E-state index contributed by atoms with van der Waals surface area (Å²) in [4.78, 5) is 27.8. The summed E-state index contributed by atoms with van der Waals surface area (Å²) in [5, 5.41) is 6.88. The first-order valence-electron chi connectivity index (χ1n) is 9.99. The summed E-state index contributed by atoms with van der Waals surface area (Å²) in [7, 11) is 0. The molecule has 0 aromatic heterocycles. The smallest absolute Gasteiger partial charge is 0.252 e. The monoisotopic (exact) mass is 487 g/mol. The van der Waals surface area contributed by atoms with Crippen LogP contribution in [0.2, 0.25) is 5.02 Å². The molecule has 156 valence electrons. The zero-order valence-electron chi connectivity index (χ0n) is 16.9. The van der Waals surface area contributed by atoms with E-state index in [1.165, 1.54) is 5.01 Å². The van der Waals surface area contributed by atoms with Gasteiger partial charge in [-0.2, -0.15) is 5.10 Å². The van der Waals surface area contributed by atoms with Gasteiger partial charge in [0.2, 0.25) is 5.91 Å². The van der Waals surface area contributed by atoms with Crippen molar-refractivity contribution in [1.82, 2.24) is 9.91 Å². The molecule has 30 heavy (non-hydrogen) atoms. The van der Waals surface area contributed by atoms with Crippen LogP contribution in [-0.4, -0.2) is 46.6 Å². The van der Waals surface area contributed by atoms with E-state index < -0.39 is 5.41 Å². The number of hydrazone groups is 1. The van der Waals surface area contributed by atoms with Crippen molar-refractivity contribution in [3.63, 3.8) is 0 Å². The van der Waals surface area contributed by atoms with Gasteiger partial charge < -0.3 is 4.90 Å². The highest BCUT2D eigenvalue weighted by Crippen LogP contribution is 2.31. The van der Waals surface area contributed by atoms with Crippen molar-refractivity contribution in [1.29, 1.82) is 0 Å². The van der Waals surface area contributed by atoms with Crippen LogP contribution in [0.3, 0.4) is 0 Å².